The molecule has 0 bridgehead atoms. The van der Waals surface area contributed by atoms with Crippen LogP contribution in [0.15, 0.2) is 0 Å². The van der Waals surface area contributed by atoms with Crippen LogP contribution in [0.5, 0.6) is 0 Å². The maximum Gasteiger partial charge on any atom is 0.100 e. The molecule has 0 aromatic carbocycles. The molecule has 2 aliphatic rings. The number of nitrogens with zero attached hydrogens (tertiary/aromatic N) is 1. The highest BCUT2D eigenvalue weighted by atomic mass is 32.2. The van der Waals surface area contributed by atoms with Crippen molar-refractivity contribution in [2.75, 3.05) is 25.0 Å². The van der Waals surface area contributed by atoms with Gasteiger partial charge in [0.25, 0.3) is 0 Å². The van der Waals surface area contributed by atoms with E-state index in [4.69, 9.17) is 4.74 Å². The van der Waals surface area contributed by atoms with Crippen LogP contribution in [0.4, 0.5) is 0 Å². The lowest BCUT2D eigenvalue weighted by Crippen LogP contribution is -2.24. The molecule has 0 saturated carbocycles. The summed E-state index contributed by atoms with van der Waals surface area (Å²) in [5.74, 6) is 2.46. The van der Waals surface area contributed by atoms with E-state index in [1.54, 1.807) is 0 Å². The van der Waals surface area contributed by atoms with Crippen LogP contribution >= 0.6 is 11.8 Å². The molecule has 0 amide bonds. The summed E-state index contributed by atoms with van der Waals surface area (Å²) in [7, 11) is 0. The van der Waals surface area contributed by atoms with Crippen molar-refractivity contribution in [3.63, 3.8) is 0 Å². The Morgan fingerprint density at radius 1 is 1.62 bits per heavy atom. The molecule has 0 aliphatic carbocycles. The minimum absolute atomic E-state index is 0.750. The summed E-state index contributed by atoms with van der Waals surface area (Å²) in [6.07, 6.45) is 0. The molecule has 2 heterocycles. The minimum Gasteiger partial charge on any atom is -0.364 e. The highest BCUT2D eigenvalue weighted by Crippen LogP contribution is 2.24. The molecule has 0 radical (unpaired) electrons. The number of rotatable bonds is 0. The summed E-state index contributed by atoms with van der Waals surface area (Å²) in [6.45, 7) is 1.84. The molecule has 0 aromatic rings. The van der Waals surface area contributed by atoms with E-state index in [1.165, 1.54) is 11.6 Å². The first-order valence-corrected chi connectivity index (χ1v) is 4.02. The first kappa shape index (κ1) is 5.09. The van der Waals surface area contributed by atoms with Crippen LogP contribution in [0.25, 0.3) is 0 Å². The van der Waals surface area contributed by atoms with Crippen LogP contribution in [-0.2, 0) is 4.74 Å². The predicted octanol–water partition coefficient (Wildman–Crippen LogP) is 0.349. The molecule has 2 aliphatic heterocycles. The number of thioether (sulfide) groups is 1. The van der Waals surface area contributed by atoms with Crippen molar-refractivity contribution in [2.24, 2.45) is 0 Å². The molecule has 0 aromatic heterocycles. The predicted molar refractivity (Wildman–Crippen MR) is 33.8 cm³/mol. The third kappa shape index (κ3) is 0.658. The molecule has 2 rings (SSSR count). The zero-order valence-corrected chi connectivity index (χ0v) is 5.49. The SMILES string of the molecule is C1OCN2CSC[C@@H]12. The van der Waals surface area contributed by atoms with Crippen molar-refractivity contribution >= 4 is 11.8 Å². The van der Waals surface area contributed by atoms with Gasteiger partial charge in [-0.1, -0.05) is 0 Å². The van der Waals surface area contributed by atoms with Crippen LogP contribution in [0.2, 0.25) is 0 Å². The lowest BCUT2D eigenvalue weighted by molar-refractivity contribution is 0.151. The summed E-state index contributed by atoms with van der Waals surface area (Å²) < 4.78 is 5.22. The third-order valence-corrected chi connectivity index (χ3v) is 2.79. The fourth-order valence-corrected chi connectivity index (χ4v) is 2.32. The molecular formula is C5H9NOS. The van der Waals surface area contributed by atoms with Gasteiger partial charge in [-0.05, 0) is 0 Å². The average molecular weight is 131 g/mol. The molecule has 0 N–H and O–H groups in total. The number of hydrogen-bond acceptors (Lipinski definition) is 3. The third-order valence-electron chi connectivity index (χ3n) is 1.65. The van der Waals surface area contributed by atoms with Crippen molar-refractivity contribution in [1.29, 1.82) is 0 Å². The lowest BCUT2D eigenvalue weighted by atomic mass is 10.4. The molecule has 0 spiro atoms. The van der Waals surface area contributed by atoms with Crippen LogP contribution in [0.3, 0.4) is 0 Å². The Bertz CT molecular complexity index is 78.4. The Kier molecular flexibility index (Phi) is 1.21. The standard InChI is InChI=1S/C5H9NOS/c1-5-2-8-4-6(5)3-7-1/h5H,1-4H2/t5-/m1/s1. The average Bonchev–Trinajstić information content (AvgIpc) is 2.15. The van der Waals surface area contributed by atoms with E-state index in [0.717, 1.165) is 19.4 Å². The zero-order chi connectivity index (χ0) is 5.40. The van der Waals surface area contributed by atoms with Gasteiger partial charge in [-0.25, -0.2) is 0 Å². The van der Waals surface area contributed by atoms with Gasteiger partial charge >= 0.3 is 0 Å². The smallest absolute Gasteiger partial charge is 0.100 e. The highest BCUT2D eigenvalue weighted by molar-refractivity contribution is 7.99. The van der Waals surface area contributed by atoms with E-state index < -0.39 is 0 Å². The number of ether oxygens (including phenoxy) is 1. The first-order chi connectivity index (χ1) is 3.97. The molecule has 8 heavy (non-hydrogen) atoms. The van der Waals surface area contributed by atoms with Crippen LogP contribution in [0, 0.1) is 0 Å². The van der Waals surface area contributed by atoms with Gasteiger partial charge in [0.15, 0.2) is 0 Å². The van der Waals surface area contributed by atoms with Crippen molar-refractivity contribution in [3.8, 4) is 0 Å². The van der Waals surface area contributed by atoms with Crippen molar-refractivity contribution < 1.29 is 4.74 Å². The van der Waals surface area contributed by atoms with Crippen LogP contribution < -0.4 is 0 Å². The van der Waals surface area contributed by atoms with Crippen LogP contribution in [-0.4, -0.2) is 35.9 Å². The van der Waals surface area contributed by atoms with Gasteiger partial charge in [0.1, 0.15) is 6.73 Å². The Morgan fingerprint density at radius 2 is 2.62 bits per heavy atom. The van der Waals surface area contributed by atoms with Crippen molar-refractivity contribution in [1.82, 2.24) is 4.90 Å². The highest BCUT2D eigenvalue weighted by Gasteiger charge is 2.29. The summed E-state index contributed by atoms with van der Waals surface area (Å²) in [6, 6.07) is 0.750. The normalized spacial score (nSPS) is 38.2. The fraction of sp³-hybridized carbons (Fsp3) is 1.00. The van der Waals surface area contributed by atoms with E-state index in [-0.39, 0.29) is 0 Å². The first-order valence-electron chi connectivity index (χ1n) is 2.86. The Morgan fingerprint density at radius 3 is 3.50 bits per heavy atom. The Hall–Kier alpha value is 0.270. The van der Waals surface area contributed by atoms with Gasteiger partial charge < -0.3 is 4.74 Å². The molecule has 1 atom stereocenters. The summed E-state index contributed by atoms with van der Waals surface area (Å²) in [5, 5.41) is 0. The number of fused-ring (bicyclic) bond motifs is 1. The summed E-state index contributed by atoms with van der Waals surface area (Å²) in [5.41, 5.74) is 0. The quantitative estimate of drug-likeness (QED) is 0.470. The van der Waals surface area contributed by atoms with Crippen LogP contribution in [0.1, 0.15) is 0 Å². The van der Waals surface area contributed by atoms with Crippen molar-refractivity contribution in [2.45, 2.75) is 6.04 Å². The second-order valence-corrected chi connectivity index (χ2v) is 3.24. The Balaban J connectivity index is 2.04. The van der Waals surface area contributed by atoms with E-state index in [2.05, 4.69) is 4.90 Å². The Labute approximate surface area is 53.2 Å². The van der Waals surface area contributed by atoms with Gasteiger partial charge in [-0.3, -0.25) is 4.90 Å². The van der Waals surface area contributed by atoms with Gasteiger partial charge in [-0.15, -0.1) is 11.8 Å². The zero-order valence-electron chi connectivity index (χ0n) is 4.67. The van der Waals surface area contributed by atoms with Crippen molar-refractivity contribution in [3.05, 3.63) is 0 Å². The van der Waals surface area contributed by atoms with E-state index >= 15 is 0 Å². The molecule has 2 nitrogen and oxygen atoms in total. The van der Waals surface area contributed by atoms with E-state index in [0.29, 0.717) is 0 Å². The second-order valence-electron chi connectivity index (χ2n) is 2.24. The molecule has 3 heteroatoms. The van der Waals surface area contributed by atoms with Gasteiger partial charge in [0, 0.05) is 17.7 Å². The van der Waals surface area contributed by atoms with Gasteiger partial charge in [-0.2, -0.15) is 0 Å². The molecular weight excluding hydrogens is 122 g/mol. The van der Waals surface area contributed by atoms with E-state index in [9.17, 15) is 0 Å². The summed E-state index contributed by atoms with van der Waals surface area (Å²) in [4.78, 5) is 2.38. The van der Waals surface area contributed by atoms with E-state index in [1.807, 2.05) is 11.8 Å². The fourth-order valence-electron chi connectivity index (χ4n) is 1.12. The lowest BCUT2D eigenvalue weighted by Gasteiger charge is -2.07. The maximum absolute atomic E-state index is 5.22. The minimum atomic E-state index is 0.750. The number of hydrogen-bond donors (Lipinski definition) is 0. The largest absolute Gasteiger partial charge is 0.364 e. The summed E-state index contributed by atoms with van der Waals surface area (Å²) >= 11 is 2.01. The van der Waals surface area contributed by atoms with Gasteiger partial charge in [0.05, 0.1) is 6.61 Å². The molecule has 46 valence electrons. The maximum atomic E-state index is 5.22. The van der Waals surface area contributed by atoms with Gasteiger partial charge in [0.2, 0.25) is 0 Å². The second kappa shape index (κ2) is 1.90. The molecule has 0 unspecified atom stereocenters. The molecule has 2 saturated heterocycles. The monoisotopic (exact) mass is 131 g/mol. The molecule has 2 fully saturated rings. The topological polar surface area (TPSA) is 12.5 Å².